The third-order valence-electron chi connectivity index (χ3n) is 6.67. The number of Topliss-reactive ketones (excluding diaryl/α,β-unsaturated/α-hetero) is 2. The summed E-state index contributed by atoms with van der Waals surface area (Å²) in [4.78, 5) is 50.4. The number of aliphatic hydroxyl groups is 3. The molecule has 34 heavy (non-hydrogen) atoms. The van der Waals surface area contributed by atoms with Gasteiger partial charge in [-0.3, -0.25) is 19.2 Å². The Kier molecular flexibility index (Phi) is 5.05. The van der Waals surface area contributed by atoms with Crippen LogP contribution in [-0.4, -0.2) is 55.6 Å². The number of rotatable bonds is 3. The van der Waals surface area contributed by atoms with E-state index in [1.165, 1.54) is 19.1 Å². The molecule has 1 aromatic carbocycles. The number of anilines is 1. The van der Waals surface area contributed by atoms with Gasteiger partial charge in [-0.1, -0.05) is 19.6 Å². The first-order valence-electron chi connectivity index (χ1n) is 10.3. The largest absolute Gasteiger partial charge is 0.508 e. The molecule has 3 aliphatic carbocycles. The van der Waals surface area contributed by atoms with Gasteiger partial charge >= 0.3 is 5.97 Å². The molecule has 1 fully saturated rings. The van der Waals surface area contributed by atoms with Crippen LogP contribution in [0.15, 0.2) is 35.6 Å². The number of phenols is 1. The van der Waals surface area contributed by atoms with Gasteiger partial charge in [0.15, 0.2) is 11.4 Å². The van der Waals surface area contributed by atoms with E-state index in [0.29, 0.717) is 0 Å². The predicted octanol–water partition coefficient (Wildman–Crippen LogP) is 0.408. The maximum Gasteiger partial charge on any atom is 0.305 e. The molecule has 3 aliphatic rings. The van der Waals surface area contributed by atoms with E-state index in [4.69, 9.17) is 16.2 Å². The van der Waals surface area contributed by atoms with Gasteiger partial charge < -0.3 is 36.6 Å². The highest BCUT2D eigenvalue weighted by Gasteiger charge is 2.65. The second-order valence-electron chi connectivity index (χ2n) is 8.42. The van der Waals surface area contributed by atoms with Crippen LogP contribution in [0.5, 0.6) is 5.75 Å². The SMILES string of the molecule is C=C1c2ccc(N)c(O)c2C(O)=C2C(=O)C3(O)C(O)=C(C(N)=O)C(=O)CC3C(OC(=O)CC)C12. The van der Waals surface area contributed by atoms with Gasteiger partial charge in [0.2, 0.25) is 5.78 Å². The molecule has 1 amide bonds. The number of carbonyl (C=O) groups excluding carboxylic acids is 4. The van der Waals surface area contributed by atoms with Crippen LogP contribution in [0.25, 0.3) is 11.3 Å². The number of nitrogens with two attached hydrogens (primary N) is 2. The molecule has 11 nitrogen and oxygen atoms in total. The minimum atomic E-state index is -2.93. The van der Waals surface area contributed by atoms with Gasteiger partial charge in [-0.15, -0.1) is 0 Å². The second kappa shape index (κ2) is 7.45. The number of ether oxygens (including phenoxy) is 1. The van der Waals surface area contributed by atoms with Crippen molar-refractivity contribution in [1.82, 2.24) is 0 Å². The summed E-state index contributed by atoms with van der Waals surface area (Å²) in [5.74, 6) is -9.72. The van der Waals surface area contributed by atoms with E-state index in [2.05, 4.69) is 6.58 Å². The maximum atomic E-state index is 13.6. The summed E-state index contributed by atoms with van der Waals surface area (Å²) in [5, 5.41) is 43.7. The van der Waals surface area contributed by atoms with Crippen LogP contribution in [0.3, 0.4) is 0 Å². The number of ketones is 2. The smallest absolute Gasteiger partial charge is 0.305 e. The van der Waals surface area contributed by atoms with Gasteiger partial charge in [-0.05, 0) is 17.2 Å². The first-order chi connectivity index (χ1) is 15.9. The number of aromatic hydroxyl groups is 1. The van der Waals surface area contributed by atoms with E-state index in [0.717, 1.165) is 0 Å². The Morgan fingerprint density at radius 1 is 1.24 bits per heavy atom. The molecule has 11 heteroatoms. The fourth-order valence-electron chi connectivity index (χ4n) is 5.00. The van der Waals surface area contributed by atoms with Crippen LogP contribution in [0, 0.1) is 11.8 Å². The zero-order chi connectivity index (χ0) is 25.3. The average molecular weight is 470 g/mol. The first kappa shape index (κ1) is 23.1. The van der Waals surface area contributed by atoms with Crippen LogP contribution < -0.4 is 11.5 Å². The van der Waals surface area contributed by atoms with Crippen molar-refractivity contribution in [3.05, 3.63) is 46.7 Å². The van der Waals surface area contributed by atoms with Crippen molar-refractivity contribution in [3.63, 3.8) is 0 Å². The molecule has 0 radical (unpaired) electrons. The van der Waals surface area contributed by atoms with Crippen LogP contribution in [0.1, 0.15) is 30.9 Å². The Labute approximate surface area is 192 Å². The van der Waals surface area contributed by atoms with Crippen LogP contribution in [0.2, 0.25) is 0 Å². The molecule has 0 bridgehead atoms. The van der Waals surface area contributed by atoms with E-state index in [1.807, 2.05) is 0 Å². The minimum Gasteiger partial charge on any atom is -0.508 e. The van der Waals surface area contributed by atoms with Crippen LogP contribution in [-0.2, 0) is 23.9 Å². The number of fused-ring (bicyclic) bond motifs is 3. The molecule has 4 unspecified atom stereocenters. The summed E-state index contributed by atoms with van der Waals surface area (Å²) in [6.07, 6.45) is -2.21. The van der Waals surface area contributed by atoms with Crippen LogP contribution >= 0.6 is 0 Å². The van der Waals surface area contributed by atoms with Gasteiger partial charge in [0.1, 0.15) is 28.9 Å². The van der Waals surface area contributed by atoms with Crippen molar-refractivity contribution in [3.8, 4) is 5.75 Å². The highest BCUT2D eigenvalue weighted by Crippen LogP contribution is 2.56. The predicted molar refractivity (Wildman–Crippen MR) is 117 cm³/mol. The van der Waals surface area contributed by atoms with Gasteiger partial charge in [-0.2, -0.15) is 0 Å². The first-order valence-corrected chi connectivity index (χ1v) is 10.3. The van der Waals surface area contributed by atoms with Gasteiger partial charge in [0.05, 0.1) is 22.7 Å². The summed E-state index contributed by atoms with van der Waals surface area (Å²) in [6.45, 7) is 5.45. The highest BCUT2D eigenvalue weighted by atomic mass is 16.5. The molecule has 0 heterocycles. The summed E-state index contributed by atoms with van der Waals surface area (Å²) >= 11 is 0. The Morgan fingerprint density at radius 2 is 1.88 bits per heavy atom. The Morgan fingerprint density at radius 3 is 2.47 bits per heavy atom. The fraction of sp³-hybridized carbons (Fsp3) is 0.304. The number of hydrogen-bond acceptors (Lipinski definition) is 10. The molecule has 1 aromatic rings. The van der Waals surface area contributed by atoms with Crippen molar-refractivity contribution < 1.29 is 44.3 Å². The number of primary amides is 1. The van der Waals surface area contributed by atoms with E-state index in [1.54, 1.807) is 0 Å². The fourth-order valence-corrected chi connectivity index (χ4v) is 5.00. The van der Waals surface area contributed by atoms with Crippen molar-refractivity contribution >= 4 is 40.5 Å². The molecule has 178 valence electrons. The Balaban J connectivity index is 2.07. The third kappa shape index (κ3) is 2.80. The van der Waals surface area contributed by atoms with Gasteiger partial charge in [0, 0.05) is 18.8 Å². The lowest BCUT2D eigenvalue weighted by Crippen LogP contribution is -2.64. The highest BCUT2D eigenvalue weighted by molar-refractivity contribution is 6.23. The van der Waals surface area contributed by atoms with Gasteiger partial charge in [-0.25, -0.2) is 0 Å². The number of esters is 1. The second-order valence-corrected chi connectivity index (χ2v) is 8.42. The molecular weight excluding hydrogens is 448 g/mol. The summed E-state index contributed by atoms with van der Waals surface area (Å²) in [6, 6.07) is 2.79. The normalized spacial score (nSPS) is 28.3. The number of aliphatic hydroxyl groups excluding tert-OH is 2. The van der Waals surface area contributed by atoms with Crippen molar-refractivity contribution in [2.24, 2.45) is 17.6 Å². The van der Waals surface area contributed by atoms with Gasteiger partial charge in [0.25, 0.3) is 5.91 Å². The topological polar surface area (TPSA) is 210 Å². The Hall–Kier alpha value is -4.12. The number of carbonyl (C=O) groups is 4. The minimum absolute atomic E-state index is 0.101. The van der Waals surface area contributed by atoms with Crippen LogP contribution in [0.4, 0.5) is 5.69 Å². The lowest BCUT2D eigenvalue weighted by molar-refractivity contribution is -0.174. The Bertz CT molecular complexity index is 1280. The standard InChI is InChI=1S/C23H22N2O9/c1-3-12(27)34-19-9-6-11(26)15(22(25)32)20(30)23(9,33)21(31)16-13(19)7(2)8-4-5-10(24)17(28)14(8)18(16)29/h4-5,9,13,19,28-30,33H,2-3,6,24H2,1H3,(H2,25,32). The van der Waals surface area contributed by atoms with E-state index >= 15 is 0 Å². The van der Waals surface area contributed by atoms with E-state index in [-0.39, 0.29) is 28.8 Å². The number of phenolic OH excluding ortho intramolecular Hbond substituents is 1. The molecule has 8 N–H and O–H groups in total. The lowest BCUT2D eigenvalue weighted by Gasteiger charge is -2.50. The molecule has 0 saturated heterocycles. The lowest BCUT2D eigenvalue weighted by atomic mass is 9.56. The number of hydrogen-bond donors (Lipinski definition) is 6. The zero-order valence-electron chi connectivity index (χ0n) is 18.0. The molecule has 0 spiro atoms. The average Bonchev–Trinajstić information content (AvgIpc) is 2.77. The van der Waals surface area contributed by atoms with Crippen molar-refractivity contribution in [2.45, 2.75) is 31.5 Å². The number of amides is 1. The van der Waals surface area contributed by atoms with Crippen molar-refractivity contribution in [1.29, 1.82) is 0 Å². The molecule has 4 atom stereocenters. The maximum absolute atomic E-state index is 13.6. The monoisotopic (exact) mass is 470 g/mol. The molecular formula is C23H22N2O9. The molecule has 0 aromatic heterocycles. The van der Waals surface area contributed by atoms with Crippen molar-refractivity contribution in [2.75, 3.05) is 5.73 Å². The summed E-state index contributed by atoms with van der Waals surface area (Å²) in [7, 11) is 0. The third-order valence-corrected chi connectivity index (χ3v) is 6.67. The van der Waals surface area contributed by atoms with E-state index in [9.17, 15) is 39.6 Å². The number of benzene rings is 1. The summed E-state index contributed by atoms with van der Waals surface area (Å²) < 4.78 is 5.53. The quantitative estimate of drug-likeness (QED) is 0.155. The molecule has 1 saturated carbocycles. The molecule has 4 rings (SSSR count). The number of nitrogen functional groups attached to an aromatic ring is 1. The van der Waals surface area contributed by atoms with E-state index < -0.39 is 81.8 Å². The zero-order valence-corrected chi connectivity index (χ0v) is 18.0. The molecule has 0 aliphatic heterocycles. The summed E-state index contributed by atoms with van der Waals surface area (Å²) in [5.41, 5.74) is 6.48.